The van der Waals surface area contributed by atoms with E-state index in [1.807, 2.05) is 6.92 Å². The van der Waals surface area contributed by atoms with Crippen molar-refractivity contribution < 1.29 is 0 Å². The van der Waals surface area contributed by atoms with Gasteiger partial charge in [-0.05, 0) is 6.92 Å². The maximum atomic E-state index is 11.7. The van der Waals surface area contributed by atoms with Gasteiger partial charge in [-0.1, -0.05) is 0 Å². The fourth-order valence-electron chi connectivity index (χ4n) is 1.76. The van der Waals surface area contributed by atoms with E-state index in [1.165, 1.54) is 4.57 Å². The fourth-order valence-corrected chi connectivity index (χ4v) is 1.76. The molecule has 0 aliphatic rings. The van der Waals surface area contributed by atoms with Gasteiger partial charge in [0, 0.05) is 20.6 Å². The number of imidazole rings is 1. The molecule has 0 amide bonds. The van der Waals surface area contributed by atoms with Crippen molar-refractivity contribution in [1.82, 2.24) is 19.1 Å². The molecule has 0 atom stereocenters. The van der Waals surface area contributed by atoms with E-state index in [2.05, 4.69) is 15.3 Å². The first kappa shape index (κ1) is 10.5. The van der Waals surface area contributed by atoms with E-state index in [4.69, 9.17) is 0 Å². The van der Waals surface area contributed by atoms with E-state index in [1.54, 1.807) is 18.7 Å². The second-order valence-electron chi connectivity index (χ2n) is 3.42. The van der Waals surface area contributed by atoms with Crippen LogP contribution in [0, 0.1) is 0 Å². The van der Waals surface area contributed by atoms with Gasteiger partial charge in [-0.2, -0.15) is 4.98 Å². The summed E-state index contributed by atoms with van der Waals surface area (Å²) in [5, 5.41) is 2.87. The first-order valence-corrected chi connectivity index (χ1v) is 4.97. The Hall–Kier alpha value is -2.05. The van der Waals surface area contributed by atoms with Crippen LogP contribution in [-0.2, 0) is 13.6 Å². The minimum Gasteiger partial charge on any atom is -0.359 e. The first-order chi connectivity index (χ1) is 7.60. The molecule has 2 rings (SSSR count). The van der Waals surface area contributed by atoms with Crippen LogP contribution in [-0.4, -0.2) is 26.1 Å². The SMILES string of the molecule is CCn1c(=O)[nH]c(=O)c2c1nc(NC)n2C. The molecule has 0 saturated heterocycles. The molecule has 0 radical (unpaired) electrons. The highest BCUT2D eigenvalue weighted by Crippen LogP contribution is 2.12. The van der Waals surface area contributed by atoms with Crippen LogP contribution < -0.4 is 16.6 Å². The molecule has 0 saturated carbocycles. The standard InChI is InChI=1S/C9H13N5O2/c1-4-14-6-5(7(15)12-9(14)16)13(3)8(10-2)11-6/h4H2,1-3H3,(H,10,11)(H,12,15,16). The van der Waals surface area contributed by atoms with Crippen molar-refractivity contribution in [2.24, 2.45) is 7.05 Å². The Labute approximate surface area is 90.7 Å². The molecule has 0 spiro atoms. The highest BCUT2D eigenvalue weighted by Gasteiger charge is 2.14. The van der Waals surface area contributed by atoms with Crippen molar-refractivity contribution in [3.8, 4) is 0 Å². The zero-order valence-corrected chi connectivity index (χ0v) is 9.37. The number of aromatic amines is 1. The van der Waals surface area contributed by atoms with Crippen LogP contribution in [0.1, 0.15) is 6.92 Å². The summed E-state index contributed by atoms with van der Waals surface area (Å²) in [4.78, 5) is 29.7. The summed E-state index contributed by atoms with van der Waals surface area (Å²) in [7, 11) is 3.44. The van der Waals surface area contributed by atoms with Crippen LogP contribution in [0.4, 0.5) is 5.95 Å². The van der Waals surface area contributed by atoms with Gasteiger partial charge in [0.2, 0.25) is 5.95 Å². The largest absolute Gasteiger partial charge is 0.359 e. The molecule has 0 aliphatic heterocycles. The molecule has 7 heteroatoms. The lowest BCUT2D eigenvalue weighted by molar-refractivity contribution is 0.719. The van der Waals surface area contributed by atoms with Crippen molar-refractivity contribution in [3.05, 3.63) is 20.8 Å². The van der Waals surface area contributed by atoms with E-state index in [-0.39, 0.29) is 0 Å². The highest BCUT2D eigenvalue weighted by atomic mass is 16.2. The Morgan fingerprint density at radius 3 is 2.69 bits per heavy atom. The zero-order chi connectivity index (χ0) is 11.9. The maximum absolute atomic E-state index is 11.7. The third kappa shape index (κ3) is 1.24. The Morgan fingerprint density at radius 2 is 2.12 bits per heavy atom. The molecular formula is C9H13N5O2. The molecule has 16 heavy (non-hydrogen) atoms. The number of anilines is 1. The monoisotopic (exact) mass is 223 g/mol. The zero-order valence-electron chi connectivity index (χ0n) is 9.37. The molecule has 0 aromatic carbocycles. The van der Waals surface area contributed by atoms with Gasteiger partial charge in [0.05, 0.1) is 0 Å². The lowest BCUT2D eigenvalue weighted by Crippen LogP contribution is -2.30. The van der Waals surface area contributed by atoms with Crippen molar-refractivity contribution in [3.63, 3.8) is 0 Å². The summed E-state index contributed by atoms with van der Waals surface area (Å²) in [6, 6.07) is 0. The number of rotatable bonds is 2. The van der Waals surface area contributed by atoms with Gasteiger partial charge in [0.25, 0.3) is 5.56 Å². The Balaban J connectivity index is 3.03. The number of hydrogen-bond donors (Lipinski definition) is 2. The van der Waals surface area contributed by atoms with E-state index in [9.17, 15) is 9.59 Å². The molecule has 2 N–H and O–H groups in total. The Bertz CT molecular complexity index is 648. The Morgan fingerprint density at radius 1 is 1.44 bits per heavy atom. The Kier molecular flexibility index (Phi) is 2.30. The number of fused-ring (bicyclic) bond motifs is 1. The summed E-state index contributed by atoms with van der Waals surface area (Å²) in [6.07, 6.45) is 0. The normalized spacial score (nSPS) is 10.9. The number of nitrogens with zero attached hydrogens (tertiary/aromatic N) is 3. The van der Waals surface area contributed by atoms with Crippen LogP contribution in [0.3, 0.4) is 0 Å². The molecule has 86 valence electrons. The van der Waals surface area contributed by atoms with Gasteiger partial charge in [-0.15, -0.1) is 0 Å². The molecule has 2 aromatic heterocycles. The van der Waals surface area contributed by atoms with Gasteiger partial charge in [0.15, 0.2) is 11.2 Å². The predicted molar refractivity (Wildman–Crippen MR) is 60.8 cm³/mol. The number of H-pyrrole nitrogens is 1. The second-order valence-corrected chi connectivity index (χ2v) is 3.42. The molecule has 2 heterocycles. The van der Waals surface area contributed by atoms with E-state index in [0.717, 1.165) is 0 Å². The summed E-state index contributed by atoms with van der Waals surface area (Å²) in [6.45, 7) is 2.29. The summed E-state index contributed by atoms with van der Waals surface area (Å²) < 4.78 is 3.05. The van der Waals surface area contributed by atoms with Crippen molar-refractivity contribution in [2.45, 2.75) is 13.5 Å². The average molecular weight is 223 g/mol. The number of aromatic nitrogens is 4. The van der Waals surface area contributed by atoms with Crippen molar-refractivity contribution >= 4 is 17.1 Å². The topological polar surface area (TPSA) is 84.7 Å². The lowest BCUT2D eigenvalue weighted by atomic mass is 10.5. The van der Waals surface area contributed by atoms with Gasteiger partial charge in [-0.3, -0.25) is 14.3 Å². The van der Waals surface area contributed by atoms with Crippen molar-refractivity contribution in [1.29, 1.82) is 0 Å². The molecule has 0 bridgehead atoms. The van der Waals surface area contributed by atoms with Crippen LogP contribution in [0.5, 0.6) is 0 Å². The third-order valence-electron chi connectivity index (χ3n) is 2.55. The van der Waals surface area contributed by atoms with E-state index >= 15 is 0 Å². The van der Waals surface area contributed by atoms with Gasteiger partial charge < -0.3 is 9.88 Å². The highest BCUT2D eigenvalue weighted by molar-refractivity contribution is 5.73. The summed E-state index contributed by atoms with van der Waals surface area (Å²) >= 11 is 0. The van der Waals surface area contributed by atoms with Gasteiger partial charge in [0.1, 0.15) is 0 Å². The van der Waals surface area contributed by atoms with Gasteiger partial charge >= 0.3 is 5.69 Å². The van der Waals surface area contributed by atoms with E-state index in [0.29, 0.717) is 23.7 Å². The van der Waals surface area contributed by atoms with Crippen LogP contribution in [0.25, 0.3) is 11.2 Å². The first-order valence-electron chi connectivity index (χ1n) is 4.97. The maximum Gasteiger partial charge on any atom is 0.330 e. The lowest BCUT2D eigenvalue weighted by Gasteiger charge is -2.01. The van der Waals surface area contributed by atoms with Crippen LogP contribution >= 0.6 is 0 Å². The van der Waals surface area contributed by atoms with E-state index < -0.39 is 11.2 Å². The molecule has 0 fully saturated rings. The molecule has 0 aliphatic carbocycles. The van der Waals surface area contributed by atoms with Crippen LogP contribution in [0.15, 0.2) is 9.59 Å². The molecule has 0 unspecified atom stereocenters. The number of aryl methyl sites for hydroxylation is 2. The molecular weight excluding hydrogens is 210 g/mol. The molecule has 2 aromatic rings. The van der Waals surface area contributed by atoms with Crippen molar-refractivity contribution in [2.75, 3.05) is 12.4 Å². The average Bonchev–Trinajstić information content (AvgIpc) is 2.56. The minimum absolute atomic E-state index is 0.394. The van der Waals surface area contributed by atoms with Gasteiger partial charge in [-0.25, -0.2) is 4.79 Å². The number of nitrogens with one attached hydrogen (secondary N) is 2. The summed E-state index contributed by atoms with van der Waals surface area (Å²) in [5.74, 6) is 0.549. The predicted octanol–water partition coefficient (Wildman–Crippen LogP) is -0.515. The second kappa shape index (κ2) is 3.51. The fraction of sp³-hybridized carbons (Fsp3) is 0.444. The molecule has 7 nitrogen and oxygen atoms in total. The number of hydrogen-bond acceptors (Lipinski definition) is 4. The minimum atomic E-state index is -0.430. The summed E-state index contributed by atoms with van der Waals surface area (Å²) in [5.41, 5.74) is -0.0455. The van der Waals surface area contributed by atoms with Crippen LogP contribution in [0.2, 0.25) is 0 Å². The quantitative estimate of drug-likeness (QED) is 0.717. The third-order valence-corrected chi connectivity index (χ3v) is 2.55. The smallest absolute Gasteiger partial charge is 0.330 e.